The lowest BCUT2D eigenvalue weighted by Crippen LogP contribution is -2.31. The number of nitrogens with one attached hydrogen (secondary N) is 1. The van der Waals surface area contributed by atoms with E-state index < -0.39 is 18.0 Å². The Hall–Kier alpha value is -3.61. The molecule has 0 aliphatic heterocycles. The normalized spacial score (nSPS) is 11.7. The van der Waals surface area contributed by atoms with Gasteiger partial charge in [0.1, 0.15) is 18.2 Å². The number of benzene rings is 2. The van der Waals surface area contributed by atoms with Crippen molar-refractivity contribution in [2.24, 2.45) is 0 Å². The zero-order valence-electron chi connectivity index (χ0n) is 17.2. The molecule has 1 atom stereocenters. The maximum Gasteiger partial charge on any atom is 0.338 e. The van der Waals surface area contributed by atoms with Crippen LogP contribution in [-0.2, 0) is 16.1 Å². The molecular formula is C23H25N3O4. The Kier molecular flexibility index (Phi) is 6.85. The number of carbonyl (C=O) groups is 2. The molecular weight excluding hydrogens is 382 g/mol. The van der Waals surface area contributed by atoms with Crippen LogP contribution in [0, 0.1) is 0 Å². The van der Waals surface area contributed by atoms with Crippen molar-refractivity contribution in [2.75, 3.05) is 5.32 Å². The third kappa shape index (κ3) is 5.47. The van der Waals surface area contributed by atoms with E-state index in [0.29, 0.717) is 23.7 Å². The molecule has 3 rings (SSSR count). The fraction of sp³-hybridized carbons (Fsp3) is 0.261. The lowest BCUT2D eigenvalue weighted by Gasteiger charge is -2.16. The van der Waals surface area contributed by atoms with Gasteiger partial charge in [-0.15, -0.1) is 0 Å². The van der Waals surface area contributed by atoms with Gasteiger partial charge in [-0.3, -0.25) is 4.79 Å². The van der Waals surface area contributed by atoms with E-state index in [1.807, 2.05) is 44.2 Å². The van der Waals surface area contributed by atoms with Crippen molar-refractivity contribution >= 4 is 17.7 Å². The number of rotatable bonds is 8. The Morgan fingerprint density at radius 2 is 1.70 bits per heavy atom. The Bertz CT molecular complexity index is 981. The van der Waals surface area contributed by atoms with E-state index in [0.717, 1.165) is 5.56 Å². The van der Waals surface area contributed by atoms with Gasteiger partial charge in [-0.2, -0.15) is 5.10 Å². The molecule has 0 radical (unpaired) electrons. The third-order valence-corrected chi connectivity index (χ3v) is 4.40. The van der Waals surface area contributed by atoms with E-state index in [1.54, 1.807) is 41.2 Å². The summed E-state index contributed by atoms with van der Waals surface area (Å²) in [7, 11) is 0. The van der Waals surface area contributed by atoms with Crippen molar-refractivity contribution in [1.29, 1.82) is 0 Å². The molecule has 30 heavy (non-hydrogen) atoms. The van der Waals surface area contributed by atoms with Crippen LogP contribution in [0.2, 0.25) is 0 Å². The first-order chi connectivity index (χ1) is 14.4. The molecule has 1 heterocycles. The van der Waals surface area contributed by atoms with E-state index in [1.165, 1.54) is 6.92 Å². The maximum absolute atomic E-state index is 12.4. The summed E-state index contributed by atoms with van der Waals surface area (Å²) < 4.78 is 12.7. The number of nitrogens with zero attached hydrogens (tertiary/aromatic N) is 2. The minimum Gasteiger partial charge on any atom is -0.489 e. The fourth-order valence-corrected chi connectivity index (χ4v) is 2.76. The van der Waals surface area contributed by atoms with Crippen molar-refractivity contribution < 1.29 is 19.1 Å². The van der Waals surface area contributed by atoms with Crippen LogP contribution in [0.3, 0.4) is 0 Å². The van der Waals surface area contributed by atoms with E-state index >= 15 is 0 Å². The Labute approximate surface area is 175 Å². The fourth-order valence-electron chi connectivity index (χ4n) is 2.76. The number of esters is 1. The number of carbonyl (C=O) groups excluding carboxylic acids is 2. The monoisotopic (exact) mass is 407 g/mol. The minimum absolute atomic E-state index is 0.0933. The highest BCUT2D eigenvalue weighted by molar-refractivity contribution is 5.96. The maximum atomic E-state index is 12.4. The summed E-state index contributed by atoms with van der Waals surface area (Å²) in [5.41, 5.74) is 1.40. The highest BCUT2D eigenvalue weighted by Gasteiger charge is 2.20. The largest absolute Gasteiger partial charge is 0.489 e. The molecule has 0 bridgehead atoms. The summed E-state index contributed by atoms with van der Waals surface area (Å²) in [5, 5.41) is 6.90. The van der Waals surface area contributed by atoms with Gasteiger partial charge in [0, 0.05) is 12.1 Å². The van der Waals surface area contributed by atoms with Crippen molar-refractivity contribution in [2.45, 2.75) is 39.5 Å². The summed E-state index contributed by atoms with van der Waals surface area (Å²) in [6.07, 6.45) is 0.648. The van der Waals surface area contributed by atoms with Gasteiger partial charge in [0.05, 0.1) is 11.8 Å². The first-order valence-corrected chi connectivity index (χ1v) is 9.76. The van der Waals surface area contributed by atoms with Crippen LogP contribution >= 0.6 is 0 Å². The third-order valence-electron chi connectivity index (χ3n) is 4.40. The van der Waals surface area contributed by atoms with E-state index in [2.05, 4.69) is 10.4 Å². The molecule has 0 saturated carbocycles. The minimum atomic E-state index is -0.956. The van der Waals surface area contributed by atoms with Crippen LogP contribution in [0.15, 0.2) is 66.9 Å². The predicted molar refractivity (Wildman–Crippen MR) is 113 cm³/mol. The number of amides is 1. The van der Waals surface area contributed by atoms with Crippen LogP contribution in [0.25, 0.3) is 0 Å². The highest BCUT2D eigenvalue weighted by atomic mass is 16.5. The molecule has 7 nitrogen and oxygen atoms in total. The molecule has 0 fully saturated rings. The molecule has 1 aromatic heterocycles. The lowest BCUT2D eigenvalue weighted by atomic mass is 10.2. The standard InChI is InChI=1S/C23H25N3O4/c1-16(2)26-21(13-14-24-26)25-22(27)17(3)30-23(28)19-9-11-20(12-10-19)29-15-18-7-5-4-6-8-18/h4-14,16-17H,15H2,1-3H3,(H,25,27)/t17-/m1/s1. The van der Waals surface area contributed by atoms with Crippen molar-refractivity contribution in [3.63, 3.8) is 0 Å². The first-order valence-electron chi connectivity index (χ1n) is 9.76. The summed E-state index contributed by atoms with van der Waals surface area (Å²) in [6, 6.07) is 18.2. The number of ether oxygens (including phenoxy) is 2. The molecule has 0 unspecified atom stereocenters. The van der Waals surface area contributed by atoms with Gasteiger partial charge in [0.15, 0.2) is 6.10 Å². The molecule has 1 amide bonds. The summed E-state index contributed by atoms with van der Waals surface area (Å²) >= 11 is 0. The van der Waals surface area contributed by atoms with Crippen LogP contribution < -0.4 is 10.1 Å². The summed E-state index contributed by atoms with van der Waals surface area (Å²) in [6.45, 7) is 5.88. The summed E-state index contributed by atoms with van der Waals surface area (Å²) in [4.78, 5) is 24.7. The van der Waals surface area contributed by atoms with Crippen LogP contribution in [0.4, 0.5) is 5.82 Å². The Morgan fingerprint density at radius 3 is 2.37 bits per heavy atom. The van der Waals surface area contributed by atoms with Gasteiger partial charge in [-0.1, -0.05) is 30.3 Å². The van der Waals surface area contributed by atoms with Crippen LogP contribution in [0.5, 0.6) is 5.75 Å². The molecule has 2 aromatic carbocycles. The highest BCUT2D eigenvalue weighted by Crippen LogP contribution is 2.17. The first kappa shape index (κ1) is 21.1. The SMILES string of the molecule is CC(C)n1nccc1NC(=O)[C@@H](C)OC(=O)c1ccc(OCc2ccccc2)cc1. The molecule has 0 aliphatic carbocycles. The number of aromatic nitrogens is 2. The lowest BCUT2D eigenvalue weighted by molar-refractivity contribution is -0.123. The topological polar surface area (TPSA) is 82.5 Å². The molecule has 1 N–H and O–H groups in total. The molecule has 0 spiro atoms. The van der Waals surface area contributed by atoms with Gasteiger partial charge < -0.3 is 14.8 Å². The number of anilines is 1. The zero-order valence-corrected chi connectivity index (χ0v) is 17.2. The Morgan fingerprint density at radius 1 is 1.00 bits per heavy atom. The number of hydrogen-bond acceptors (Lipinski definition) is 5. The molecule has 7 heteroatoms. The van der Waals surface area contributed by atoms with Gasteiger partial charge >= 0.3 is 5.97 Å². The average molecular weight is 407 g/mol. The molecule has 156 valence electrons. The van der Waals surface area contributed by atoms with Gasteiger partial charge in [-0.25, -0.2) is 9.48 Å². The Balaban J connectivity index is 1.53. The van der Waals surface area contributed by atoms with Gasteiger partial charge in [0.2, 0.25) is 0 Å². The predicted octanol–water partition coefficient (Wildman–Crippen LogP) is 4.23. The van der Waals surface area contributed by atoms with Crippen molar-refractivity contribution in [3.8, 4) is 5.75 Å². The second-order valence-electron chi connectivity index (χ2n) is 7.09. The summed E-state index contributed by atoms with van der Waals surface area (Å²) in [5.74, 6) is 0.194. The van der Waals surface area contributed by atoms with Gasteiger partial charge in [-0.05, 0) is 50.6 Å². The van der Waals surface area contributed by atoms with E-state index in [-0.39, 0.29) is 6.04 Å². The second-order valence-corrected chi connectivity index (χ2v) is 7.09. The van der Waals surface area contributed by atoms with Crippen LogP contribution in [0.1, 0.15) is 42.7 Å². The average Bonchev–Trinajstić information content (AvgIpc) is 3.21. The number of hydrogen-bond donors (Lipinski definition) is 1. The van der Waals surface area contributed by atoms with E-state index in [9.17, 15) is 9.59 Å². The molecule has 0 saturated heterocycles. The molecule has 0 aliphatic rings. The zero-order chi connectivity index (χ0) is 21.5. The van der Waals surface area contributed by atoms with Crippen molar-refractivity contribution in [3.05, 3.63) is 78.0 Å². The van der Waals surface area contributed by atoms with Crippen molar-refractivity contribution in [1.82, 2.24) is 9.78 Å². The second kappa shape index (κ2) is 9.73. The van der Waals surface area contributed by atoms with Crippen LogP contribution in [-0.4, -0.2) is 27.8 Å². The van der Waals surface area contributed by atoms with Gasteiger partial charge in [0.25, 0.3) is 5.91 Å². The quantitative estimate of drug-likeness (QED) is 0.565. The van der Waals surface area contributed by atoms with E-state index in [4.69, 9.17) is 9.47 Å². The molecule has 3 aromatic rings. The smallest absolute Gasteiger partial charge is 0.338 e.